The molecule has 1 aliphatic heterocycles. The molecule has 3 N–H and O–H groups in total. The highest BCUT2D eigenvalue weighted by atomic mass is 35.5. The lowest BCUT2D eigenvalue weighted by Crippen LogP contribution is -2.38. The summed E-state index contributed by atoms with van der Waals surface area (Å²) in [6, 6.07) is 5.64. The van der Waals surface area contributed by atoms with Gasteiger partial charge in [-0.3, -0.25) is 9.69 Å². The van der Waals surface area contributed by atoms with Gasteiger partial charge in [0, 0.05) is 13.1 Å². The maximum Gasteiger partial charge on any atom is 0.573 e. The van der Waals surface area contributed by atoms with Gasteiger partial charge >= 0.3 is 6.36 Å². The number of amides is 1. The Kier molecular flexibility index (Phi) is 8.17. The number of likely N-dealkylation sites (tertiary alicyclic amines) is 1. The monoisotopic (exact) mass is 395 g/mol. The third-order valence-corrected chi connectivity index (χ3v) is 4.39. The molecule has 26 heavy (non-hydrogen) atoms. The molecule has 9 heteroatoms. The first kappa shape index (κ1) is 22.5. The first-order chi connectivity index (χ1) is 11.7. The molecule has 1 fully saturated rings. The minimum Gasteiger partial charge on any atom is -0.406 e. The van der Waals surface area contributed by atoms with Crippen LogP contribution in [0.5, 0.6) is 5.75 Å². The highest BCUT2D eigenvalue weighted by molar-refractivity contribution is 5.85. The Balaban J connectivity index is 0.00000338. The third-order valence-electron chi connectivity index (χ3n) is 4.39. The molecular formula is C17H25ClF3N3O2. The van der Waals surface area contributed by atoms with Gasteiger partial charge in [0.15, 0.2) is 0 Å². The van der Waals surface area contributed by atoms with Crippen molar-refractivity contribution in [2.75, 3.05) is 32.7 Å². The fraction of sp³-hybridized carbons (Fsp3) is 0.588. The summed E-state index contributed by atoms with van der Waals surface area (Å²) in [5.74, 6) is -0.310. The highest BCUT2D eigenvalue weighted by Crippen LogP contribution is 2.28. The molecule has 1 heterocycles. The first-order valence-electron chi connectivity index (χ1n) is 8.23. The second-order valence-electron chi connectivity index (χ2n) is 6.77. The molecular weight excluding hydrogens is 371 g/mol. The molecule has 1 atom stereocenters. The molecule has 0 aromatic heterocycles. The van der Waals surface area contributed by atoms with Gasteiger partial charge in [-0.2, -0.15) is 0 Å². The average Bonchev–Trinajstić information content (AvgIpc) is 2.89. The van der Waals surface area contributed by atoms with Gasteiger partial charge in [0.1, 0.15) is 5.75 Å². The van der Waals surface area contributed by atoms with Crippen molar-refractivity contribution in [2.45, 2.75) is 26.1 Å². The number of halogens is 4. The number of hydrogen-bond donors (Lipinski definition) is 2. The zero-order valence-electron chi connectivity index (χ0n) is 14.6. The van der Waals surface area contributed by atoms with Crippen LogP contribution in [0.3, 0.4) is 0 Å². The summed E-state index contributed by atoms with van der Waals surface area (Å²) in [6.07, 6.45) is -3.16. The van der Waals surface area contributed by atoms with Gasteiger partial charge in [0.05, 0.1) is 6.54 Å². The molecule has 0 radical (unpaired) electrons. The predicted molar refractivity (Wildman–Crippen MR) is 95.3 cm³/mol. The Morgan fingerprint density at radius 3 is 2.54 bits per heavy atom. The maximum absolute atomic E-state index is 12.1. The van der Waals surface area contributed by atoms with E-state index in [9.17, 15) is 18.0 Å². The number of alkyl halides is 3. The first-order valence-corrected chi connectivity index (χ1v) is 8.23. The Hall–Kier alpha value is -1.51. The summed E-state index contributed by atoms with van der Waals surface area (Å²) in [4.78, 5) is 14.1. The lowest BCUT2D eigenvalue weighted by Gasteiger charge is -2.22. The van der Waals surface area contributed by atoms with Gasteiger partial charge in [-0.25, -0.2) is 0 Å². The van der Waals surface area contributed by atoms with Crippen molar-refractivity contribution in [3.05, 3.63) is 29.8 Å². The fourth-order valence-electron chi connectivity index (χ4n) is 2.89. The van der Waals surface area contributed by atoms with E-state index in [1.165, 1.54) is 12.1 Å². The second kappa shape index (κ2) is 9.43. The van der Waals surface area contributed by atoms with Crippen LogP contribution in [0, 0.1) is 5.41 Å². The molecule has 1 saturated heterocycles. The summed E-state index contributed by atoms with van der Waals surface area (Å²) >= 11 is 0. The van der Waals surface area contributed by atoms with E-state index in [0.29, 0.717) is 26.1 Å². The van der Waals surface area contributed by atoms with Crippen LogP contribution in [-0.2, 0) is 11.2 Å². The average molecular weight is 396 g/mol. The highest BCUT2D eigenvalue weighted by Gasteiger charge is 2.33. The van der Waals surface area contributed by atoms with Crippen LogP contribution >= 0.6 is 12.4 Å². The van der Waals surface area contributed by atoms with Gasteiger partial charge in [0.2, 0.25) is 5.91 Å². The van der Waals surface area contributed by atoms with Crippen LogP contribution in [0.25, 0.3) is 0 Å². The fourth-order valence-corrected chi connectivity index (χ4v) is 2.89. The molecule has 0 aliphatic carbocycles. The second-order valence-corrected chi connectivity index (χ2v) is 6.77. The lowest BCUT2D eigenvalue weighted by molar-refractivity contribution is -0.274. The van der Waals surface area contributed by atoms with E-state index in [2.05, 4.69) is 21.9 Å². The molecule has 1 amide bonds. The predicted octanol–water partition coefficient (Wildman–Crippen LogP) is 2.34. The SMILES string of the molecule is CC1(CN)CCN(CC(=O)NCCc2ccc(OC(F)(F)F)cc2)C1.Cl. The maximum atomic E-state index is 12.1. The standard InChI is InChI=1S/C17H24F3N3O2.ClH/c1-16(11-21)7-9-23(12-16)10-15(24)22-8-6-13-2-4-14(5-3-13)25-17(18,19)20;/h2-5H,6-12,21H2,1H3,(H,22,24);1H. The van der Waals surface area contributed by atoms with E-state index < -0.39 is 6.36 Å². The largest absolute Gasteiger partial charge is 0.573 e. The molecule has 0 bridgehead atoms. The van der Waals surface area contributed by atoms with Crippen molar-refractivity contribution in [2.24, 2.45) is 11.1 Å². The number of ether oxygens (including phenoxy) is 1. The van der Waals surface area contributed by atoms with Gasteiger partial charge in [-0.05, 0) is 49.0 Å². The minimum atomic E-state index is -4.69. The van der Waals surface area contributed by atoms with Crippen molar-refractivity contribution >= 4 is 18.3 Å². The van der Waals surface area contributed by atoms with Crippen LogP contribution in [-0.4, -0.2) is 49.9 Å². The summed E-state index contributed by atoms with van der Waals surface area (Å²) in [5.41, 5.74) is 6.66. The zero-order valence-corrected chi connectivity index (χ0v) is 15.5. The van der Waals surface area contributed by atoms with Gasteiger partial charge < -0.3 is 15.8 Å². The normalized spacial score (nSPS) is 20.5. The number of nitrogens with one attached hydrogen (secondary N) is 1. The molecule has 0 spiro atoms. The van der Waals surface area contributed by atoms with Crippen LogP contribution < -0.4 is 15.8 Å². The number of benzene rings is 1. The van der Waals surface area contributed by atoms with E-state index in [-0.39, 0.29) is 29.5 Å². The molecule has 1 aromatic carbocycles. The third kappa shape index (κ3) is 7.39. The van der Waals surface area contributed by atoms with Crippen LogP contribution in [0.15, 0.2) is 24.3 Å². The lowest BCUT2D eigenvalue weighted by atomic mass is 9.90. The molecule has 148 valence electrons. The van der Waals surface area contributed by atoms with Crippen molar-refractivity contribution in [1.82, 2.24) is 10.2 Å². The Labute approximate surface area is 157 Å². The number of carbonyl (C=O) groups is 1. The number of hydrogen-bond acceptors (Lipinski definition) is 4. The summed E-state index contributed by atoms with van der Waals surface area (Å²) in [6.45, 7) is 5.18. The van der Waals surface area contributed by atoms with Gasteiger partial charge in [-0.1, -0.05) is 19.1 Å². The van der Waals surface area contributed by atoms with Gasteiger partial charge in [0.25, 0.3) is 0 Å². The van der Waals surface area contributed by atoms with E-state index in [4.69, 9.17) is 5.73 Å². The quantitative estimate of drug-likeness (QED) is 0.743. The molecule has 0 saturated carbocycles. The number of nitrogens with two attached hydrogens (primary N) is 1. The van der Waals surface area contributed by atoms with Crippen molar-refractivity contribution in [3.8, 4) is 5.75 Å². The Morgan fingerprint density at radius 2 is 2.00 bits per heavy atom. The molecule has 1 aromatic rings. The minimum absolute atomic E-state index is 0. The number of carbonyl (C=O) groups excluding carboxylic acids is 1. The van der Waals surface area contributed by atoms with Gasteiger partial charge in [-0.15, -0.1) is 25.6 Å². The van der Waals surface area contributed by atoms with E-state index >= 15 is 0 Å². The Morgan fingerprint density at radius 1 is 1.35 bits per heavy atom. The van der Waals surface area contributed by atoms with E-state index in [0.717, 1.165) is 25.1 Å². The summed E-state index contributed by atoms with van der Waals surface area (Å²) in [7, 11) is 0. The molecule has 2 rings (SSSR count). The molecule has 5 nitrogen and oxygen atoms in total. The van der Waals surface area contributed by atoms with E-state index in [1.54, 1.807) is 12.1 Å². The molecule has 1 aliphatic rings. The number of nitrogens with zero attached hydrogens (tertiary/aromatic N) is 1. The van der Waals surface area contributed by atoms with Crippen molar-refractivity contribution in [1.29, 1.82) is 0 Å². The van der Waals surface area contributed by atoms with Crippen LogP contribution in [0.2, 0.25) is 0 Å². The number of rotatable bonds is 7. The van der Waals surface area contributed by atoms with Crippen LogP contribution in [0.4, 0.5) is 13.2 Å². The topological polar surface area (TPSA) is 67.6 Å². The zero-order chi connectivity index (χ0) is 18.5. The smallest absolute Gasteiger partial charge is 0.406 e. The van der Waals surface area contributed by atoms with E-state index in [1.807, 2.05) is 0 Å². The summed E-state index contributed by atoms with van der Waals surface area (Å²) < 4.78 is 40.1. The summed E-state index contributed by atoms with van der Waals surface area (Å²) in [5, 5.41) is 2.83. The molecule has 1 unspecified atom stereocenters. The van der Waals surface area contributed by atoms with Crippen molar-refractivity contribution < 1.29 is 22.7 Å². The Bertz CT molecular complexity index is 584. The van der Waals surface area contributed by atoms with Crippen LogP contribution in [0.1, 0.15) is 18.9 Å². The van der Waals surface area contributed by atoms with Crippen molar-refractivity contribution in [3.63, 3.8) is 0 Å².